The van der Waals surface area contributed by atoms with Gasteiger partial charge in [0.2, 0.25) is 0 Å². The third kappa shape index (κ3) is 1.95. The molecule has 0 bridgehead atoms. The summed E-state index contributed by atoms with van der Waals surface area (Å²) in [4.78, 5) is 13.2. The Balaban J connectivity index is 2.59. The Morgan fingerprint density at radius 3 is 3.08 bits per heavy atom. The first kappa shape index (κ1) is 9.47. The van der Waals surface area contributed by atoms with E-state index in [1.165, 1.54) is 0 Å². The maximum absolute atomic E-state index is 11.3. The molecule has 3 heteroatoms. The van der Waals surface area contributed by atoms with Crippen molar-refractivity contribution in [2.75, 3.05) is 12.3 Å². The van der Waals surface area contributed by atoms with E-state index in [1.807, 2.05) is 4.90 Å². The van der Waals surface area contributed by atoms with Crippen molar-refractivity contribution >= 4 is 18.5 Å². The van der Waals surface area contributed by atoms with Crippen molar-refractivity contribution in [3.63, 3.8) is 0 Å². The van der Waals surface area contributed by atoms with Gasteiger partial charge in [0, 0.05) is 18.3 Å². The minimum atomic E-state index is -0.0472. The van der Waals surface area contributed by atoms with E-state index in [-0.39, 0.29) is 5.91 Å². The molecule has 0 aromatic rings. The standard InChI is InChI=1S/C9H13NOS/c1-2-4-9(11)10-6-3-5-8(10)7-12/h8,12H,3,5-7H2,1H3/t8-/m0/s1. The molecule has 1 saturated heterocycles. The zero-order valence-electron chi connectivity index (χ0n) is 7.21. The highest BCUT2D eigenvalue weighted by molar-refractivity contribution is 7.80. The van der Waals surface area contributed by atoms with E-state index in [0.29, 0.717) is 6.04 Å². The number of thiol groups is 1. The summed E-state index contributed by atoms with van der Waals surface area (Å²) < 4.78 is 0. The van der Waals surface area contributed by atoms with Crippen LogP contribution in [0.5, 0.6) is 0 Å². The predicted molar refractivity (Wildman–Crippen MR) is 52.0 cm³/mol. The molecule has 1 fully saturated rings. The summed E-state index contributed by atoms with van der Waals surface area (Å²) >= 11 is 4.20. The van der Waals surface area contributed by atoms with Crippen molar-refractivity contribution in [3.05, 3.63) is 0 Å². The number of hydrogen-bond acceptors (Lipinski definition) is 2. The lowest BCUT2D eigenvalue weighted by Gasteiger charge is -2.20. The van der Waals surface area contributed by atoms with E-state index in [4.69, 9.17) is 0 Å². The van der Waals surface area contributed by atoms with Gasteiger partial charge in [-0.05, 0) is 25.7 Å². The molecular weight excluding hydrogens is 170 g/mol. The fourth-order valence-electron chi connectivity index (χ4n) is 1.47. The Morgan fingerprint density at radius 1 is 1.75 bits per heavy atom. The van der Waals surface area contributed by atoms with Crippen molar-refractivity contribution in [1.82, 2.24) is 4.90 Å². The van der Waals surface area contributed by atoms with Crippen molar-refractivity contribution in [2.45, 2.75) is 25.8 Å². The number of carbonyl (C=O) groups is 1. The molecule has 1 amide bonds. The first-order valence-corrected chi connectivity index (χ1v) is 4.77. The molecule has 0 N–H and O–H groups in total. The average Bonchev–Trinajstić information content (AvgIpc) is 2.51. The topological polar surface area (TPSA) is 20.3 Å². The minimum absolute atomic E-state index is 0.0472. The molecule has 2 nitrogen and oxygen atoms in total. The Kier molecular flexibility index (Phi) is 3.48. The molecule has 1 rings (SSSR count). The molecule has 1 atom stereocenters. The van der Waals surface area contributed by atoms with Crippen LogP contribution in [0.15, 0.2) is 0 Å². The Bertz CT molecular complexity index is 228. The summed E-state index contributed by atoms with van der Waals surface area (Å²) in [6.07, 6.45) is 2.16. The smallest absolute Gasteiger partial charge is 0.298 e. The molecule has 1 aliphatic rings. The number of amides is 1. The van der Waals surface area contributed by atoms with Gasteiger partial charge in [0.25, 0.3) is 5.91 Å². The fraction of sp³-hybridized carbons (Fsp3) is 0.667. The second kappa shape index (κ2) is 4.42. The van der Waals surface area contributed by atoms with E-state index >= 15 is 0 Å². The molecule has 0 aromatic heterocycles. The summed E-state index contributed by atoms with van der Waals surface area (Å²) in [6.45, 7) is 2.53. The number of nitrogens with zero attached hydrogens (tertiary/aromatic N) is 1. The van der Waals surface area contributed by atoms with Gasteiger partial charge in [-0.2, -0.15) is 12.6 Å². The quantitative estimate of drug-likeness (QED) is 0.473. The zero-order chi connectivity index (χ0) is 8.97. The van der Waals surface area contributed by atoms with E-state index in [1.54, 1.807) is 6.92 Å². The maximum atomic E-state index is 11.3. The van der Waals surface area contributed by atoms with Crippen LogP contribution in [0.4, 0.5) is 0 Å². The monoisotopic (exact) mass is 183 g/mol. The number of hydrogen-bond donors (Lipinski definition) is 1. The van der Waals surface area contributed by atoms with Crippen molar-refractivity contribution in [1.29, 1.82) is 0 Å². The first-order valence-electron chi connectivity index (χ1n) is 4.13. The van der Waals surface area contributed by atoms with Crippen molar-refractivity contribution < 1.29 is 4.79 Å². The number of rotatable bonds is 1. The highest BCUT2D eigenvalue weighted by Gasteiger charge is 2.26. The van der Waals surface area contributed by atoms with E-state index in [2.05, 4.69) is 24.5 Å². The molecule has 66 valence electrons. The SMILES string of the molecule is CC#CC(=O)N1CCC[C@H]1CS. The van der Waals surface area contributed by atoms with Crippen molar-refractivity contribution in [2.24, 2.45) is 0 Å². The average molecular weight is 183 g/mol. The van der Waals surface area contributed by atoms with Crippen LogP contribution in [0, 0.1) is 11.8 Å². The maximum Gasteiger partial charge on any atom is 0.298 e. The van der Waals surface area contributed by atoms with Crippen molar-refractivity contribution in [3.8, 4) is 11.8 Å². The lowest BCUT2D eigenvalue weighted by Crippen LogP contribution is -2.35. The van der Waals surface area contributed by atoms with Gasteiger partial charge in [-0.1, -0.05) is 5.92 Å². The predicted octanol–water partition coefficient (Wildman–Crippen LogP) is 0.931. The van der Waals surface area contributed by atoms with Gasteiger partial charge in [-0.3, -0.25) is 4.79 Å². The van der Waals surface area contributed by atoms with Crippen LogP contribution in [0.2, 0.25) is 0 Å². The van der Waals surface area contributed by atoms with Gasteiger partial charge in [-0.15, -0.1) is 0 Å². The van der Waals surface area contributed by atoms with Gasteiger partial charge < -0.3 is 4.90 Å². The van der Waals surface area contributed by atoms with Crippen LogP contribution < -0.4 is 0 Å². The fourth-order valence-corrected chi connectivity index (χ4v) is 1.85. The van der Waals surface area contributed by atoms with Gasteiger partial charge in [0.1, 0.15) is 0 Å². The third-order valence-corrected chi connectivity index (χ3v) is 2.50. The second-order valence-corrected chi connectivity index (χ2v) is 3.22. The number of carbonyl (C=O) groups excluding carboxylic acids is 1. The molecule has 1 heterocycles. The summed E-state index contributed by atoms with van der Waals surface area (Å²) in [5.74, 6) is 5.88. The summed E-state index contributed by atoms with van der Waals surface area (Å²) in [6, 6.07) is 0.307. The summed E-state index contributed by atoms with van der Waals surface area (Å²) in [5.41, 5.74) is 0. The Labute approximate surface area is 78.7 Å². The lowest BCUT2D eigenvalue weighted by atomic mass is 10.2. The van der Waals surface area contributed by atoms with E-state index in [9.17, 15) is 4.79 Å². The van der Waals surface area contributed by atoms with Crippen LogP contribution in [0.25, 0.3) is 0 Å². The zero-order valence-corrected chi connectivity index (χ0v) is 8.10. The Hall–Kier alpha value is -0.620. The molecule has 0 aromatic carbocycles. The number of likely N-dealkylation sites (tertiary alicyclic amines) is 1. The molecule has 0 spiro atoms. The van der Waals surface area contributed by atoms with Gasteiger partial charge in [0.05, 0.1) is 0 Å². The lowest BCUT2D eigenvalue weighted by molar-refractivity contribution is -0.125. The van der Waals surface area contributed by atoms with Gasteiger partial charge in [0.15, 0.2) is 0 Å². The molecule has 0 radical (unpaired) electrons. The van der Waals surface area contributed by atoms with Crippen LogP contribution in [0.3, 0.4) is 0 Å². The molecule has 0 saturated carbocycles. The molecule has 0 aliphatic carbocycles. The van der Waals surface area contributed by atoms with Crippen LogP contribution in [0.1, 0.15) is 19.8 Å². The highest BCUT2D eigenvalue weighted by atomic mass is 32.1. The summed E-state index contributed by atoms with van der Waals surface area (Å²) in [5, 5.41) is 0. The van der Waals surface area contributed by atoms with Crippen LogP contribution in [-0.2, 0) is 4.79 Å². The van der Waals surface area contributed by atoms with E-state index in [0.717, 1.165) is 25.1 Å². The molecule has 0 unspecified atom stereocenters. The Morgan fingerprint density at radius 2 is 2.50 bits per heavy atom. The molecule has 1 aliphatic heterocycles. The second-order valence-electron chi connectivity index (χ2n) is 2.85. The van der Waals surface area contributed by atoms with Crippen LogP contribution in [-0.4, -0.2) is 29.1 Å². The third-order valence-electron chi connectivity index (χ3n) is 2.08. The van der Waals surface area contributed by atoms with Crippen LogP contribution >= 0.6 is 12.6 Å². The van der Waals surface area contributed by atoms with E-state index < -0.39 is 0 Å². The van der Waals surface area contributed by atoms with Gasteiger partial charge >= 0.3 is 0 Å². The largest absolute Gasteiger partial charge is 0.328 e. The minimum Gasteiger partial charge on any atom is -0.328 e. The highest BCUT2D eigenvalue weighted by Crippen LogP contribution is 2.17. The normalized spacial score (nSPS) is 21.8. The molecule has 12 heavy (non-hydrogen) atoms. The molecular formula is C9H13NOS. The first-order chi connectivity index (χ1) is 5.79. The van der Waals surface area contributed by atoms with Gasteiger partial charge in [-0.25, -0.2) is 0 Å². The summed E-state index contributed by atoms with van der Waals surface area (Å²) in [7, 11) is 0.